The molecular weight excluding hydrogens is 252 g/mol. The van der Waals surface area contributed by atoms with Crippen molar-refractivity contribution in [3.8, 4) is 0 Å². The van der Waals surface area contributed by atoms with E-state index in [1.54, 1.807) is 5.56 Å². The molecule has 2 nitrogen and oxygen atoms in total. The molecule has 0 radical (unpaired) electrons. The molecule has 3 heterocycles. The zero-order chi connectivity index (χ0) is 13.7. The molecule has 2 aliphatic heterocycles. The number of aromatic nitrogens is 1. The molecule has 1 saturated heterocycles. The van der Waals surface area contributed by atoms with Gasteiger partial charge in [0.2, 0.25) is 0 Å². The highest BCUT2D eigenvalue weighted by molar-refractivity contribution is 7.99. The topological polar surface area (TPSA) is 16.1 Å². The third-order valence-corrected chi connectivity index (χ3v) is 5.64. The number of likely N-dealkylation sites (tertiary alicyclic amines) is 1. The first-order chi connectivity index (χ1) is 9.22. The minimum absolute atomic E-state index is 0.468. The first kappa shape index (κ1) is 14.9. The van der Waals surface area contributed by atoms with E-state index in [0.717, 1.165) is 0 Å². The van der Waals surface area contributed by atoms with Crippen molar-refractivity contribution in [3.63, 3.8) is 0 Å². The van der Waals surface area contributed by atoms with Gasteiger partial charge in [-0.2, -0.15) is 0 Å². The summed E-state index contributed by atoms with van der Waals surface area (Å²) in [7, 11) is 2.22. The Morgan fingerprint density at radius 1 is 1.26 bits per heavy atom. The zero-order valence-electron chi connectivity index (χ0n) is 12.5. The smallest absolute Gasteiger partial charge is 0.0406 e. The van der Waals surface area contributed by atoms with Crippen LogP contribution in [0.1, 0.15) is 45.1 Å². The van der Waals surface area contributed by atoms with Crippen LogP contribution in [0.5, 0.6) is 0 Å². The minimum atomic E-state index is 0.468. The summed E-state index contributed by atoms with van der Waals surface area (Å²) in [5, 5.41) is 0. The van der Waals surface area contributed by atoms with E-state index in [2.05, 4.69) is 36.8 Å². The molecule has 0 N–H and O–H groups in total. The lowest BCUT2D eigenvalue weighted by atomic mass is 9.75. The minimum Gasteiger partial charge on any atom is -0.306 e. The second kappa shape index (κ2) is 6.76. The number of unbranched alkanes of at least 4 members (excludes halogenated alkanes) is 1. The SMILES string of the molecule is CCCC.CN1CCC2(CC1)CSc1cnccc12. The number of hydrogen-bond acceptors (Lipinski definition) is 3. The molecule has 1 fully saturated rings. The van der Waals surface area contributed by atoms with Crippen LogP contribution in [0.4, 0.5) is 0 Å². The first-order valence-electron chi connectivity index (χ1n) is 7.47. The van der Waals surface area contributed by atoms with Crippen LogP contribution >= 0.6 is 11.8 Å². The molecule has 0 aliphatic carbocycles. The van der Waals surface area contributed by atoms with Gasteiger partial charge in [0, 0.05) is 28.5 Å². The summed E-state index contributed by atoms with van der Waals surface area (Å²) < 4.78 is 0. The van der Waals surface area contributed by atoms with Crippen LogP contribution in [0.15, 0.2) is 23.4 Å². The number of hydrogen-bond donors (Lipinski definition) is 0. The lowest BCUT2D eigenvalue weighted by Gasteiger charge is -2.38. The number of thioether (sulfide) groups is 1. The highest BCUT2D eigenvalue weighted by Crippen LogP contribution is 2.48. The molecule has 1 aromatic heterocycles. The molecule has 19 heavy (non-hydrogen) atoms. The first-order valence-corrected chi connectivity index (χ1v) is 8.46. The van der Waals surface area contributed by atoms with Crippen LogP contribution in [0.2, 0.25) is 0 Å². The molecule has 0 bridgehead atoms. The molecule has 0 saturated carbocycles. The highest BCUT2D eigenvalue weighted by atomic mass is 32.2. The fourth-order valence-corrected chi connectivity index (χ4v) is 4.14. The van der Waals surface area contributed by atoms with E-state index in [4.69, 9.17) is 0 Å². The maximum Gasteiger partial charge on any atom is 0.0406 e. The molecule has 0 unspecified atom stereocenters. The Balaban J connectivity index is 0.000000297. The van der Waals surface area contributed by atoms with Crippen molar-refractivity contribution in [2.75, 3.05) is 25.9 Å². The van der Waals surface area contributed by atoms with E-state index in [1.807, 2.05) is 24.2 Å². The van der Waals surface area contributed by atoms with Gasteiger partial charge in [0.15, 0.2) is 0 Å². The third kappa shape index (κ3) is 3.32. The standard InChI is InChI=1S/C12H16N2S.C4H10/c1-14-6-3-12(4-7-14)9-15-11-8-13-5-2-10(11)12;1-3-4-2/h2,5,8H,3-4,6-7,9H2,1H3;3-4H2,1-2H3. The van der Waals surface area contributed by atoms with E-state index in [9.17, 15) is 0 Å². The Kier molecular flexibility index (Phi) is 5.28. The van der Waals surface area contributed by atoms with Crippen LogP contribution in [-0.2, 0) is 5.41 Å². The quantitative estimate of drug-likeness (QED) is 0.773. The van der Waals surface area contributed by atoms with Crippen molar-refractivity contribution in [2.45, 2.75) is 49.8 Å². The molecule has 0 aromatic carbocycles. The maximum atomic E-state index is 4.22. The largest absolute Gasteiger partial charge is 0.306 e. The normalized spacial score (nSPS) is 20.8. The zero-order valence-corrected chi connectivity index (χ0v) is 13.3. The number of pyridine rings is 1. The van der Waals surface area contributed by atoms with E-state index in [1.165, 1.54) is 49.4 Å². The fourth-order valence-electron chi connectivity index (χ4n) is 2.69. The Hall–Kier alpha value is -0.540. The van der Waals surface area contributed by atoms with Gasteiger partial charge < -0.3 is 4.90 Å². The van der Waals surface area contributed by atoms with Crippen LogP contribution in [0.3, 0.4) is 0 Å². The molecule has 1 aromatic rings. The van der Waals surface area contributed by atoms with Gasteiger partial charge in [-0.25, -0.2) is 0 Å². The van der Waals surface area contributed by atoms with Crippen molar-refractivity contribution in [3.05, 3.63) is 24.0 Å². The lowest BCUT2D eigenvalue weighted by Crippen LogP contribution is -2.41. The van der Waals surface area contributed by atoms with Crippen molar-refractivity contribution < 1.29 is 0 Å². The number of fused-ring (bicyclic) bond motifs is 2. The molecule has 1 spiro atoms. The van der Waals surface area contributed by atoms with E-state index < -0.39 is 0 Å². The van der Waals surface area contributed by atoms with Gasteiger partial charge >= 0.3 is 0 Å². The van der Waals surface area contributed by atoms with E-state index in [0.29, 0.717) is 5.41 Å². The summed E-state index contributed by atoms with van der Waals surface area (Å²) in [6, 6.07) is 2.24. The Labute approximate surface area is 122 Å². The molecule has 3 heteroatoms. The maximum absolute atomic E-state index is 4.22. The van der Waals surface area contributed by atoms with Gasteiger partial charge in [0.25, 0.3) is 0 Å². The average molecular weight is 278 g/mol. The lowest BCUT2D eigenvalue weighted by molar-refractivity contribution is 0.203. The Morgan fingerprint density at radius 2 is 1.95 bits per heavy atom. The summed E-state index contributed by atoms with van der Waals surface area (Å²) in [6.07, 6.45) is 9.25. The second-order valence-corrected chi connectivity index (χ2v) is 6.76. The van der Waals surface area contributed by atoms with Crippen LogP contribution < -0.4 is 0 Å². The second-order valence-electron chi connectivity index (χ2n) is 5.74. The van der Waals surface area contributed by atoms with Crippen LogP contribution in [0, 0.1) is 0 Å². The number of nitrogens with zero attached hydrogens (tertiary/aromatic N) is 2. The number of rotatable bonds is 1. The van der Waals surface area contributed by atoms with Gasteiger partial charge in [0.1, 0.15) is 0 Å². The molecule has 0 amide bonds. The molecule has 2 aliphatic rings. The monoisotopic (exact) mass is 278 g/mol. The van der Waals surface area contributed by atoms with Crippen LogP contribution in [-0.4, -0.2) is 35.8 Å². The average Bonchev–Trinajstić information content (AvgIpc) is 2.82. The van der Waals surface area contributed by atoms with Crippen molar-refractivity contribution in [1.82, 2.24) is 9.88 Å². The highest BCUT2D eigenvalue weighted by Gasteiger charge is 2.41. The van der Waals surface area contributed by atoms with Gasteiger partial charge in [-0.15, -0.1) is 11.8 Å². The summed E-state index contributed by atoms with van der Waals surface area (Å²) in [6.45, 7) is 6.84. The van der Waals surface area contributed by atoms with E-state index in [-0.39, 0.29) is 0 Å². The van der Waals surface area contributed by atoms with Gasteiger partial charge in [0.05, 0.1) is 0 Å². The third-order valence-electron chi connectivity index (χ3n) is 4.30. The summed E-state index contributed by atoms with van der Waals surface area (Å²) in [5.41, 5.74) is 2.03. The molecular formula is C16H26N2S. The van der Waals surface area contributed by atoms with Gasteiger partial charge in [-0.3, -0.25) is 4.98 Å². The Bertz CT molecular complexity index is 395. The molecule has 3 rings (SSSR count). The van der Waals surface area contributed by atoms with Crippen molar-refractivity contribution >= 4 is 11.8 Å². The Morgan fingerprint density at radius 3 is 2.58 bits per heavy atom. The van der Waals surface area contributed by atoms with Gasteiger partial charge in [-0.05, 0) is 44.6 Å². The van der Waals surface area contributed by atoms with Gasteiger partial charge in [-0.1, -0.05) is 26.7 Å². The van der Waals surface area contributed by atoms with Crippen molar-refractivity contribution in [1.29, 1.82) is 0 Å². The number of piperidine rings is 1. The summed E-state index contributed by atoms with van der Waals surface area (Å²) >= 11 is 1.99. The fraction of sp³-hybridized carbons (Fsp3) is 0.688. The summed E-state index contributed by atoms with van der Waals surface area (Å²) in [5.74, 6) is 1.27. The predicted octanol–water partition coefficient (Wildman–Crippen LogP) is 3.96. The van der Waals surface area contributed by atoms with E-state index >= 15 is 0 Å². The predicted molar refractivity (Wildman–Crippen MR) is 84.0 cm³/mol. The van der Waals surface area contributed by atoms with Crippen LogP contribution in [0.25, 0.3) is 0 Å². The molecule has 0 atom stereocenters. The van der Waals surface area contributed by atoms with Crippen molar-refractivity contribution in [2.24, 2.45) is 0 Å². The summed E-state index contributed by atoms with van der Waals surface area (Å²) in [4.78, 5) is 8.08. The molecule has 106 valence electrons.